The van der Waals surface area contributed by atoms with Crippen LogP contribution in [0.25, 0.3) is 0 Å². The van der Waals surface area contributed by atoms with Gasteiger partial charge in [-0.05, 0) is 77.0 Å². The Bertz CT molecular complexity index is 1320. The van der Waals surface area contributed by atoms with Gasteiger partial charge in [0.2, 0.25) is 5.91 Å². The van der Waals surface area contributed by atoms with Gasteiger partial charge in [0.25, 0.3) is 0 Å². The highest BCUT2D eigenvalue weighted by atomic mass is 16.5. The molecule has 2 unspecified atom stereocenters. The molecule has 0 saturated carbocycles. The van der Waals surface area contributed by atoms with Crippen molar-refractivity contribution in [2.75, 3.05) is 13.2 Å². The lowest BCUT2D eigenvalue weighted by atomic mass is 10.0. The first-order chi connectivity index (χ1) is 39.0. The van der Waals surface area contributed by atoms with Crippen LogP contribution in [0.15, 0.2) is 48.6 Å². The summed E-state index contributed by atoms with van der Waals surface area (Å²) >= 11 is 0. The van der Waals surface area contributed by atoms with E-state index in [1.165, 1.54) is 289 Å². The fraction of sp³-hybridized carbons (Fsp3) is 0.863. The number of hydrogen-bond acceptors (Lipinski definition) is 5. The Labute approximate surface area is 493 Å². The molecule has 0 aromatic rings. The number of unbranched alkanes of at least 4 members (excludes halogenated alkanes) is 47. The van der Waals surface area contributed by atoms with Crippen LogP contribution in [0.2, 0.25) is 0 Å². The third-order valence-electron chi connectivity index (χ3n) is 16.4. The molecule has 0 bridgehead atoms. The summed E-state index contributed by atoms with van der Waals surface area (Å²) in [6, 6.07) is -0.548. The van der Waals surface area contributed by atoms with Gasteiger partial charge in [0, 0.05) is 12.8 Å². The highest BCUT2D eigenvalue weighted by Crippen LogP contribution is 2.19. The van der Waals surface area contributed by atoms with Gasteiger partial charge in [-0.2, -0.15) is 0 Å². The van der Waals surface area contributed by atoms with Gasteiger partial charge in [0.05, 0.1) is 25.4 Å². The molecule has 0 fully saturated rings. The zero-order chi connectivity index (χ0) is 57.1. The van der Waals surface area contributed by atoms with Gasteiger partial charge < -0.3 is 20.3 Å². The predicted molar refractivity (Wildman–Crippen MR) is 347 cm³/mol. The number of nitrogens with one attached hydrogen (secondary N) is 1. The number of carbonyl (C=O) groups is 2. The summed E-state index contributed by atoms with van der Waals surface area (Å²) < 4.78 is 5.43. The van der Waals surface area contributed by atoms with Crippen LogP contribution in [0, 0.1) is 0 Å². The zero-order valence-corrected chi connectivity index (χ0v) is 53.1. The monoisotopic (exact) mass is 1110 g/mol. The molecular formula is C73H137NO5. The summed E-state index contributed by atoms with van der Waals surface area (Å²) in [5, 5.41) is 23.4. The lowest BCUT2D eigenvalue weighted by Gasteiger charge is -2.22. The molecule has 0 rings (SSSR count). The third-order valence-corrected chi connectivity index (χ3v) is 16.4. The summed E-state index contributed by atoms with van der Waals surface area (Å²) in [5.74, 6) is -0.0783. The highest BCUT2D eigenvalue weighted by molar-refractivity contribution is 5.76. The Kier molecular flexibility index (Phi) is 66.4. The molecule has 3 N–H and O–H groups in total. The first kappa shape index (κ1) is 76.8. The predicted octanol–water partition coefficient (Wildman–Crippen LogP) is 22.9. The van der Waals surface area contributed by atoms with Gasteiger partial charge in [-0.25, -0.2) is 0 Å². The first-order valence-corrected chi connectivity index (χ1v) is 35.4. The van der Waals surface area contributed by atoms with E-state index in [0.717, 1.165) is 57.8 Å². The van der Waals surface area contributed by atoms with Crippen LogP contribution < -0.4 is 5.32 Å². The molecule has 1 amide bonds. The minimum atomic E-state index is -0.670. The average Bonchev–Trinajstić information content (AvgIpc) is 3.45. The van der Waals surface area contributed by atoms with Crippen LogP contribution in [0.3, 0.4) is 0 Å². The van der Waals surface area contributed by atoms with Crippen molar-refractivity contribution in [3.8, 4) is 0 Å². The van der Waals surface area contributed by atoms with Crippen LogP contribution in [0.5, 0.6) is 0 Å². The van der Waals surface area contributed by atoms with Gasteiger partial charge in [0.15, 0.2) is 0 Å². The lowest BCUT2D eigenvalue weighted by Crippen LogP contribution is -2.45. The van der Waals surface area contributed by atoms with Crippen molar-refractivity contribution in [1.82, 2.24) is 5.32 Å². The second kappa shape index (κ2) is 68.3. The smallest absolute Gasteiger partial charge is 0.305 e. The molecule has 0 saturated heterocycles. The molecule has 6 heteroatoms. The quantitative estimate of drug-likeness (QED) is 0.0320. The third kappa shape index (κ3) is 64.8. The maximum atomic E-state index is 12.6. The molecule has 0 aliphatic heterocycles. The van der Waals surface area contributed by atoms with E-state index in [-0.39, 0.29) is 18.5 Å². The fourth-order valence-corrected chi connectivity index (χ4v) is 11.0. The molecule has 0 aliphatic carbocycles. The maximum Gasteiger partial charge on any atom is 0.305 e. The first-order valence-electron chi connectivity index (χ1n) is 35.4. The van der Waals surface area contributed by atoms with E-state index in [1.54, 1.807) is 0 Å². The normalized spacial score (nSPS) is 12.8. The summed E-state index contributed by atoms with van der Waals surface area (Å²) in [6.07, 6.45) is 88.8. The molecular weight excluding hydrogens is 971 g/mol. The average molecular weight is 1110 g/mol. The molecule has 0 heterocycles. The van der Waals surface area contributed by atoms with Gasteiger partial charge in [0.1, 0.15) is 0 Å². The van der Waals surface area contributed by atoms with Crippen molar-refractivity contribution in [2.45, 2.75) is 392 Å². The van der Waals surface area contributed by atoms with Crippen molar-refractivity contribution >= 4 is 11.9 Å². The topological polar surface area (TPSA) is 95.9 Å². The molecule has 2 atom stereocenters. The number of rotatable bonds is 66. The lowest BCUT2D eigenvalue weighted by molar-refractivity contribution is -0.143. The highest BCUT2D eigenvalue weighted by Gasteiger charge is 2.20. The van der Waals surface area contributed by atoms with Crippen molar-refractivity contribution in [3.05, 3.63) is 48.6 Å². The van der Waals surface area contributed by atoms with E-state index in [4.69, 9.17) is 4.74 Å². The Morgan fingerprint density at radius 3 is 0.975 bits per heavy atom. The second-order valence-corrected chi connectivity index (χ2v) is 24.2. The van der Waals surface area contributed by atoms with E-state index < -0.39 is 12.1 Å². The minimum absolute atomic E-state index is 0.0363. The Morgan fingerprint density at radius 1 is 0.354 bits per heavy atom. The molecule has 6 nitrogen and oxygen atoms in total. The fourth-order valence-electron chi connectivity index (χ4n) is 11.0. The number of aliphatic hydroxyl groups excluding tert-OH is 2. The number of carbonyl (C=O) groups excluding carboxylic acids is 2. The Morgan fingerprint density at radius 2 is 0.633 bits per heavy atom. The van der Waals surface area contributed by atoms with Crippen LogP contribution >= 0.6 is 0 Å². The van der Waals surface area contributed by atoms with Crippen molar-refractivity contribution in [3.63, 3.8) is 0 Å². The molecule has 0 aromatic carbocycles. The van der Waals surface area contributed by atoms with Crippen LogP contribution in [0.1, 0.15) is 380 Å². The van der Waals surface area contributed by atoms with Gasteiger partial charge in [-0.15, -0.1) is 0 Å². The van der Waals surface area contributed by atoms with E-state index >= 15 is 0 Å². The number of hydrogen-bond donors (Lipinski definition) is 3. The van der Waals surface area contributed by atoms with Crippen LogP contribution in [0.4, 0.5) is 0 Å². The largest absolute Gasteiger partial charge is 0.465 e. The van der Waals surface area contributed by atoms with Crippen molar-refractivity contribution in [2.24, 2.45) is 0 Å². The van der Waals surface area contributed by atoms with Crippen LogP contribution in [-0.4, -0.2) is 47.4 Å². The number of amides is 1. The summed E-state index contributed by atoms with van der Waals surface area (Å²) in [4.78, 5) is 24.6. The van der Waals surface area contributed by atoms with Crippen LogP contribution in [-0.2, 0) is 14.3 Å². The molecule has 0 aliphatic rings. The SMILES string of the molecule is CCCCCC/C=C\C/C=C\CCCCCCCCCC(=O)OCC/C=C\C/C=C\CCCCCCCCCCCCCCCCC(=O)NC(CO)C(O)CCCCCCCCCCCCCCCCCCCCCCCCC. The van der Waals surface area contributed by atoms with E-state index in [1.807, 2.05) is 0 Å². The van der Waals surface area contributed by atoms with E-state index in [9.17, 15) is 19.8 Å². The number of ether oxygens (including phenoxy) is 1. The van der Waals surface area contributed by atoms with E-state index in [0.29, 0.717) is 25.9 Å². The minimum Gasteiger partial charge on any atom is -0.465 e. The summed E-state index contributed by atoms with van der Waals surface area (Å²) in [5.41, 5.74) is 0. The van der Waals surface area contributed by atoms with Gasteiger partial charge in [-0.3, -0.25) is 9.59 Å². The Hall–Kier alpha value is -2.18. The maximum absolute atomic E-state index is 12.6. The number of aliphatic hydroxyl groups is 2. The molecule has 0 spiro atoms. The number of esters is 1. The van der Waals surface area contributed by atoms with Gasteiger partial charge >= 0.3 is 5.97 Å². The summed E-state index contributed by atoms with van der Waals surface area (Å²) in [7, 11) is 0. The van der Waals surface area contributed by atoms with Crippen molar-refractivity contribution < 1.29 is 24.5 Å². The molecule has 79 heavy (non-hydrogen) atoms. The molecule has 0 aromatic heterocycles. The second-order valence-electron chi connectivity index (χ2n) is 24.2. The van der Waals surface area contributed by atoms with Crippen molar-refractivity contribution in [1.29, 1.82) is 0 Å². The van der Waals surface area contributed by atoms with Gasteiger partial charge in [-0.1, -0.05) is 339 Å². The molecule has 0 radical (unpaired) electrons. The molecule has 464 valence electrons. The van der Waals surface area contributed by atoms with E-state index in [2.05, 4.69) is 67.8 Å². The summed E-state index contributed by atoms with van der Waals surface area (Å²) in [6.45, 7) is 4.85. The zero-order valence-electron chi connectivity index (χ0n) is 53.1. The standard InChI is InChI=1S/C73H137NO5/c1-3-5-7-9-11-13-15-17-19-21-23-24-25-27-30-33-37-41-45-49-53-57-61-65-71(76)70(69-75)74-72(77)66-62-58-54-50-46-42-38-34-31-28-26-29-32-36-40-44-48-52-56-60-64-68-79-73(78)67-63-59-55-51-47-43-39-35-22-20-18-16-14-12-10-8-6-4-2/h14,16,20,22,44,48,56,60,70-71,75-76H,3-13,15,17-19,21,23-43,45-47,49-55,57-59,61-69H2,1-2H3,(H,74,77)/b16-14-,22-20-,48-44-,60-56-. The Balaban J connectivity index is 3.45. The number of allylic oxidation sites excluding steroid dienone is 7.